The summed E-state index contributed by atoms with van der Waals surface area (Å²) in [6, 6.07) is 4.22. The summed E-state index contributed by atoms with van der Waals surface area (Å²) < 4.78 is 37.7. The summed E-state index contributed by atoms with van der Waals surface area (Å²) in [5.74, 6) is -0.744. The Bertz CT molecular complexity index is 659. The molecule has 0 aliphatic rings. The Kier molecular flexibility index (Phi) is 4.18. The van der Waals surface area contributed by atoms with Gasteiger partial charge in [0, 0.05) is 18.1 Å². The maximum atomic E-state index is 12.6. The zero-order valence-electron chi connectivity index (χ0n) is 10.6. The summed E-state index contributed by atoms with van der Waals surface area (Å²) >= 11 is 0. The van der Waals surface area contributed by atoms with Crippen LogP contribution in [0.1, 0.15) is 21.7 Å². The standard InChI is InChI=1S/C13H10F3N3O2/c14-13(15,16)8-2-1-3-9(6-8)19-12(21)11-10(7-20)17-4-5-18-11/h1-6,20H,7H2,(H,19,21). The lowest BCUT2D eigenvalue weighted by Gasteiger charge is -2.10. The molecule has 0 saturated heterocycles. The number of aliphatic hydroxyl groups excluding tert-OH is 1. The molecule has 21 heavy (non-hydrogen) atoms. The van der Waals surface area contributed by atoms with Crippen LogP contribution in [0, 0.1) is 0 Å². The van der Waals surface area contributed by atoms with Crippen molar-refractivity contribution >= 4 is 11.6 Å². The summed E-state index contributed by atoms with van der Waals surface area (Å²) in [6.45, 7) is -0.501. The summed E-state index contributed by atoms with van der Waals surface area (Å²) in [4.78, 5) is 19.5. The number of hydrogen-bond acceptors (Lipinski definition) is 4. The molecule has 0 aliphatic carbocycles. The number of anilines is 1. The summed E-state index contributed by atoms with van der Waals surface area (Å²) in [5, 5.41) is 11.3. The van der Waals surface area contributed by atoms with E-state index in [1.807, 2.05) is 0 Å². The molecule has 1 amide bonds. The normalized spacial score (nSPS) is 11.2. The Morgan fingerprint density at radius 3 is 2.62 bits per heavy atom. The summed E-state index contributed by atoms with van der Waals surface area (Å²) in [6.07, 6.45) is -1.95. The Labute approximate surface area is 117 Å². The van der Waals surface area contributed by atoms with Crippen molar-refractivity contribution in [3.05, 3.63) is 53.6 Å². The highest BCUT2D eigenvalue weighted by atomic mass is 19.4. The second-order valence-electron chi connectivity index (χ2n) is 4.04. The molecule has 2 N–H and O–H groups in total. The van der Waals surface area contributed by atoms with Crippen LogP contribution >= 0.6 is 0 Å². The number of aliphatic hydroxyl groups is 1. The molecule has 0 saturated carbocycles. The smallest absolute Gasteiger partial charge is 0.390 e. The van der Waals surface area contributed by atoms with Crippen LogP contribution in [0.15, 0.2) is 36.7 Å². The SMILES string of the molecule is O=C(Nc1cccc(C(F)(F)F)c1)c1nccnc1CO. The lowest BCUT2D eigenvalue weighted by atomic mass is 10.2. The number of amides is 1. The number of benzene rings is 1. The fourth-order valence-electron chi connectivity index (χ4n) is 1.64. The number of aromatic nitrogens is 2. The van der Waals surface area contributed by atoms with Gasteiger partial charge in [0.25, 0.3) is 5.91 Å². The molecule has 0 spiro atoms. The maximum Gasteiger partial charge on any atom is 0.416 e. The first-order chi connectivity index (χ1) is 9.91. The highest BCUT2D eigenvalue weighted by Gasteiger charge is 2.30. The number of carbonyl (C=O) groups is 1. The third-order valence-electron chi connectivity index (χ3n) is 2.59. The van der Waals surface area contributed by atoms with Gasteiger partial charge in [0.1, 0.15) is 0 Å². The minimum absolute atomic E-state index is 0.0237. The van der Waals surface area contributed by atoms with E-state index in [1.165, 1.54) is 24.5 Å². The van der Waals surface area contributed by atoms with E-state index in [0.717, 1.165) is 12.1 Å². The van der Waals surface area contributed by atoms with Gasteiger partial charge in [0.15, 0.2) is 5.69 Å². The highest BCUT2D eigenvalue weighted by Crippen LogP contribution is 2.30. The first kappa shape index (κ1) is 14.9. The van der Waals surface area contributed by atoms with Crippen LogP contribution in [-0.2, 0) is 12.8 Å². The van der Waals surface area contributed by atoms with E-state index < -0.39 is 24.3 Å². The minimum Gasteiger partial charge on any atom is -0.390 e. The van der Waals surface area contributed by atoms with Gasteiger partial charge < -0.3 is 10.4 Å². The van der Waals surface area contributed by atoms with Gasteiger partial charge in [0.05, 0.1) is 17.9 Å². The molecular formula is C13H10F3N3O2. The molecule has 1 heterocycles. The Hall–Kier alpha value is -2.48. The zero-order chi connectivity index (χ0) is 15.5. The molecule has 0 radical (unpaired) electrons. The number of halogens is 3. The number of nitrogens with one attached hydrogen (secondary N) is 1. The van der Waals surface area contributed by atoms with Gasteiger partial charge in [-0.2, -0.15) is 13.2 Å². The van der Waals surface area contributed by atoms with Gasteiger partial charge >= 0.3 is 6.18 Å². The van der Waals surface area contributed by atoms with Crippen molar-refractivity contribution in [2.45, 2.75) is 12.8 Å². The van der Waals surface area contributed by atoms with Crippen molar-refractivity contribution in [2.75, 3.05) is 5.32 Å². The molecule has 0 aliphatic heterocycles. The molecule has 2 aromatic rings. The average molecular weight is 297 g/mol. The van der Waals surface area contributed by atoms with E-state index in [0.29, 0.717) is 0 Å². The minimum atomic E-state index is -4.50. The molecule has 0 unspecified atom stereocenters. The average Bonchev–Trinajstić information content (AvgIpc) is 2.46. The van der Waals surface area contributed by atoms with E-state index >= 15 is 0 Å². The fraction of sp³-hybridized carbons (Fsp3) is 0.154. The van der Waals surface area contributed by atoms with Gasteiger partial charge in [-0.25, -0.2) is 4.98 Å². The molecule has 0 bridgehead atoms. The van der Waals surface area contributed by atoms with Crippen LogP contribution in [-0.4, -0.2) is 21.0 Å². The van der Waals surface area contributed by atoms with Crippen LogP contribution in [0.4, 0.5) is 18.9 Å². The summed E-state index contributed by atoms with van der Waals surface area (Å²) in [7, 11) is 0. The predicted octanol–water partition coefficient (Wildman–Crippen LogP) is 2.24. The molecule has 2 rings (SSSR count). The third kappa shape index (κ3) is 3.54. The monoisotopic (exact) mass is 297 g/mol. The molecule has 1 aromatic heterocycles. The predicted molar refractivity (Wildman–Crippen MR) is 67.4 cm³/mol. The van der Waals surface area contributed by atoms with Gasteiger partial charge in [-0.05, 0) is 18.2 Å². The van der Waals surface area contributed by atoms with E-state index in [1.54, 1.807) is 0 Å². The van der Waals surface area contributed by atoms with Crippen molar-refractivity contribution in [3.63, 3.8) is 0 Å². The topological polar surface area (TPSA) is 75.1 Å². The first-order valence-corrected chi connectivity index (χ1v) is 5.81. The fourth-order valence-corrected chi connectivity index (χ4v) is 1.64. The van der Waals surface area contributed by atoms with Gasteiger partial charge in [-0.1, -0.05) is 6.07 Å². The van der Waals surface area contributed by atoms with Gasteiger partial charge in [0.2, 0.25) is 0 Å². The quantitative estimate of drug-likeness (QED) is 0.911. The maximum absolute atomic E-state index is 12.6. The number of carbonyl (C=O) groups excluding carboxylic acids is 1. The number of hydrogen-bond donors (Lipinski definition) is 2. The first-order valence-electron chi connectivity index (χ1n) is 5.81. The molecule has 1 aromatic carbocycles. The lowest BCUT2D eigenvalue weighted by molar-refractivity contribution is -0.137. The van der Waals surface area contributed by atoms with Crippen molar-refractivity contribution in [2.24, 2.45) is 0 Å². The van der Waals surface area contributed by atoms with Gasteiger partial charge in [-0.3, -0.25) is 9.78 Å². The highest BCUT2D eigenvalue weighted by molar-refractivity contribution is 6.03. The zero-order valence-corrected chi connectivity index (χ0v) is 10.6. The second kappa shape index (κ2) is 5.88. The Morgan fingerprint density at radius 2 is 1.95 bits per heavy atom. The molecule has 0 atom stereocenters. The van der Waals surface area contributed by atoms with Crippen molar-refractivity contribution in [1.82, 2.24) is 9.97 Å². The summed E-state index contributed by atoms with van der Waals surface area (Å²) in [5.41, 5.74) is -0.995. The van der Waals surface area contributed by atoms with Crippen LogP contribution in [0.25, 0.3) is 0 Å². The lowest BCUT2D eigenvalue weighted by Crippen LogP contribution is -2.17. The van der Waals surface area contributed by atoms with E-state index in [4.69, 9.17) is 5.11 Å². The van der Waals surface area contributed by atoms with Crippen molar-refractivity contribution in [3.8, 4) is 0 Å². The van der Waals surface area contributed by atoms with Crippen molar-refractivity contribution in [1.29, 1.82) is 0 Å². The molecule has 8 heteroatoms. The number of alkyl halides is 3. The van der Waals surface area contributed by atoms with Crippen molar-refractivity contribution < 1.29 is 23.1 Å². The van der Waals surface area contributed by atoms with Crippen LogP contribution in [0.2, 0.25) is 0 Å². The molecule has 110 valence electrons. The third-order valence-corrected chi connectivity index (χ3v) is 2.59. The second-order valence-corrected chi connectivity index (χ2v) is 4.04. The number of nitrogens with zero attached hydrogens (tertiary/aromatic N) is 2. The van der Waals surface area contributed by atoms with Gasteiger partial charge in [-0.15, -0.1) is 0 Å². The Morgan fingerprint density at radius 1 is 1.24 bits per heavy atom. The van der Waals surface area contributed by atoms with Crippen LogP contribution in [0.5, 0.6) is 0 Å². The van der Waals surface area contributed by atoms with E-state index in [2.05, 4.69) is 15.3 Å². The van der Waals surface area contributed by atoms with Crippen LogP contribution in [0.3, 0.4) is 0 Å². The Balaban J connectivity index is 2.24. The van der Waals surface area contributed by atoms with Crippen LogP contribution < -0.4 is 5.32 Å². The molecule has 5 nitrogen and oxygen atoms in total. The molecule has 0 fully saturated rings. The largest absolute Gasteiger partial charge is 0.416 e. The van der Waals surface area contributed by atoms with E-state index in [-0.39, 0.29) is 17.1 Å². The van der Waals surface area contributed by atoms with E-state index in [9.17, 15) is 18.0 Å². The molecular weight excluding hydrogens is 287 g/mol. The number of rotatable bonds is 3.